The summed E-state index contributed by atoms with van der Waals surface area (Å²) in [7, 11) is 0. The molecule has 0 spiro atoms. The largest absolute Gasteiger partial charge is 0.491 e. The Labute approximate surface area is 114 Å². The molecule has 1 saturated heterocycles. The van der Waals surface area contributed by atoms with E-state index in [1.165, 1.54) is 25.3 Å². The molecule has 1 heterocycles. The number of hydrogen-bond acceptors (Lipinski definition) is 3. The topological polar surface area (TPSA) is 32.7 Å². The number of β-amino-alcohol motifs (C(OH)–C–C–N with tert-alkyl or cyclic N) is 1. The minimum absolute atomic E-state index is 0.207. The molecule has 4 heteroatoms. The number of hydrogen-bond donors (Lipinski definition) is 1. The van der Waals surface area contributed by atoms with Crippen molar-refractivity contribution in [1.29, 1.82) is 0 Å². The molecule has 1 aromatic carbocycles. The van der Waals surface area contributed by atoms with Gasteiger partial charge in [0.1, 0.15) is 24.3 Å². The van der Waals surface area contributed by atoms with E-state index in [1.807, 2.05) is 0 Å². The molecular weight excluding hydrogens is 245 g/mol. The average Bonchev–Trinajstić information content (AvgIpc) is 2.41. The summed E-state index contributed by atoms with van der Waals surface area (Å²) >= 11 is 0. The van der Waals surface area contributed by atoms with Gasteiger partial charge in [-0.25, -0.2) is 4.39 Å². The fraction of sp³-hybridized carbons (Fsp3) is 0.600. The van der Waals surface area contributed by atoms with Crippen LogP contribution in [0, 0.1) is 12.7 Å². The van der Waals surface area contributed by atoms with Gasteiger partial charge in [0.25, 0.3) is 0 Å². The van der Waals surface area contributed by atoms with Crippen molar-refractivity contribution in [2.75, 3.05) is 26.2 Å². The molecule has 1 aromatic rings. The monoisotopic (exact) mass is 267 g/mol. The Bertz CT molecular complexity index is 405. The van der Waals surface area contributed by atoms with Crippen LogP contribution in [0.4, 0.5) is 4.39 Å². The molecule has 0 aliphatic carbocycles. The summed E-state index contributed by atoms with van der Waals surface area (Å²) in [5.74, 6) is 0.198. The van der Waals surface area contributed by atoms with Gasteiger partial charge in [-0.2, -0.15) is 0 Å². The molecule has 1 aliphatic heterocycles. The van der Waals surface area contributed by atoms with Crippen molar-refractivity contribution in [2.45, 2.75) is 32.3 Å². The Morgan fingerprint density at radius 3 is 2.74 bits per heavy atom. The lowest BCUT2D eigenvalue weighted by Crippen LogP contribution is -2.38. The fourth-order valence-corrected chi connectivity index (χ4v) is 2.35. The lowest BCUT2D eigenvalue weighted by molar-refractivity contribution is 0.0616. The number of aliphatic hydroxyl groups excluding tert-OH is 1. The van der Waals surface area contributed by atoms with E-state index in [0.717, 1.165) is 13.1 Å². The maximum absolute atomic E-state index is 13.3. The molecule has 0 aromatic heterocycles. The zero-order valence-electron chi connectivity index (χ0n) is 11.4. The number of piperidine rings is 1. The van der Waals surface area contributed by atoms with Gasteiger partial charge in [0.2, 0.25) is 0 Å². The van der Waals surface area contributed by atoms with Crippen molar-refractivity contribution < 1.29 is 14.2 Å². The van der Waals surface area contributed by atoms with Crippen LogP contribution in [-0.4, -0.2) is 42.4 Å². The van der Waals surface area contributed by atoms with E-state index in [2.05, 4.69) is 4.90 Å². The molecule has 1 atom stereocenters. The summed E-state index contributed by atoms with van der Waals surface area (Å²) in [4.78, 5) is 2.26. The number of halogens is 1. The predicted molar refractivity (Wildman–Crippen MR) is 72.9 cm³/mol. The first-order chi connectivity index (χ1) is 9.15. The van der Waals surface area contributed by atoms with Gasteiger partial charge in [0.15, 0.2) is 0 Å². The Hall–Kier alpha value is -1.13. The molecule has 1 aliphatic rings. The van der Waals surface area contributed by atoms with E-state index in [-0.39, 0.29) is 12.4 Å². The molecule has 3 nitrogen and oxygen atoms in total. The van der Waals surface area contributed by atoms with Crippen molar-refractivity contribution in [3.63, 3.8) is 0 Å². The normalized spacial score (nSPS) is 18.3. The maximum atomic E-state index is 13.3. The molecule has 0 bridgehead atoms. The summed E-state index contributed by atoms with van der Waals surface area (Å²) in [5, 5.41) is 9.93. The first-order valence-electron chi connectivity index (χ1n) is 6.94. The second kappa shape index (κ2) is 6.87. The van der Waals surface area contributed by atoms with E-state index >= 15 is 0 Å². The van der Waals surface area contributed by atoms with Crippen LogP contribution >= 0.6 is 0 Å². The van der Waals surface area contributed by atoms with Crippen LogP contribution < -0.4 is 4.74 Å². The first-order valence-corrected chi connectivity index (χ1v) is 6.94. The fourth-order valence-electron chi connectivity index (χ4n) is 2.35. The molecule has 1 unspecified atom stereocenters. The van der Waals surface area contributed by atoms with Gasteiger partial charge in [-0.05, 0) is 44.5 Å². The minimum atomic E-state index is -0.525. The van der Waals surface area contributed by atoms with Crippen LogP contribution in [0.2, 0.25) is 0 Å². The zero-order chi connectivity index (χ0) is 13.7. The molecule has 106 valence electrons. The van der Waals surface area contributed by atoms with Gasteiger partial charge in [-0.15, -0.1) is 0 Å². The van der Waals surface area contributed by atoms with Crippen LogP contribution in [0.3, 0.4) is 0 Å². The van der Waals surface area contributed by atoms with Gasteiger partial charge >= 0.3 is 0 Å². The second-order valence-corrected chi connectivity index (χ2v) is 5.24. The third-order valence-corrected chi connectivity index (χ3v) is 3.50. The lowest BCUT2D eigenvalue weighted by Gasteiger charge is -2.28. The Morgan fingerprint density at radius 2 is 2.05 bits per heavy atom. The van der Waals surface area contributed by atoms with E-state index < -0.39 is 6.10 Å². The highest BCUT2D eigenvalue weighted by Gasteiger charge is 2.15. The van der Waals surface area contributed by atoms with E-state index in [9.17, 15) is 9.50 Å². The summed E-state index contributed by atoms with van der Waals surface area (Å²) in [6.45, 7) is 4.66. The van der Waals surface area contributed by atoms with Gasteiger partial charge in [0, 0.05) is 12.6 Å². The third-order valence-electron chi connectivity index (χ3n) is 3.50. The second-order valence-electron chi connectivity index (χ2n) is 5.24. The molecule has 0 radical (unpaired) electrons. The summed E-state index contributed by atoms with van der Waals surface area (Å²) in [6, 6.07) is 4.77. The quantitative estimate of drug-likeness (QED) is 0.889. The van der Waals surface area contributed by atoms with Crippen LogP contribution in [0.1, 0.15) is 24.8 Å². The number of aryl methyl sites for hydroxylation is 1. The smallest absolute Gasteiger partial charge is 0.129 e. The number of ether oxygens (including phenoxy) is 1. The van der Waals surface area contributed by atoms with Crippen molar-refractivity contribution in [1.82, 2.24) is 4.90 Å². The molecule has 1 fully saturated rings. The van der Waals surface area contributed by atoms with Crippen molar-refractivity contribution >= 4 is 0 Å². The van der Waals surface area contributed by atoms with Gasteiger partial charge in [0.05, 0.1) is 0 Å². The number of rotatable bonds is 5. The summed E-state index contributed by atoms with van der Waals surface area (Å²) in [5.41, 5.74) is 0.598. The van der Waals surface area contributed by atoms with Gasteiger partial charge in [-0.1, -0.05) is 12.5 Å². The third kappa shape index (κ3) is 4.48. The van der Waals surface area contributed by atoms with Crippen LogP contribution in [0.25, 0.3) is 0 Å². The molecule has 2 rings (SSSR count). The highest BCUT2D eigenvalue weighted by atomic mass is 19.1. The minimum Gasteiger partial charge on any atom is -0.491 e. The first kappa shape index (κ1) is 14.3. The van der Waals surface area contributed by atoms with E-state index in [1.54, 1.807) is 19.1 Å². The molecular formula is C15H22FNO2. The SMILES string of the molecule is Cc1ccc(OCC(O)CN2CCCCC2)cc1F. The van der Waals surface area contributed by atoms with Crippen LogP contribution in [0.5, 0.6) is 5.75 Å². The summed E-state index contributed by atoms with van der Waals surface area (Å²) < 4.78 is 18.8. The zero-order valence-corrected chi connectivity index (χ0v) is 11.4. The average molecular weight is 267 g/mol. The highest BCUT2D eigenvalue weighted by Crippen LogP contribution is 2.16. The molecule has 0 saturated carbocycles. The number of nitrogens with zero attached hydrogens (tertiary/aromatic N) is 1. The highest BCUT2D eigenvalue weighted by molar-refractivity contribution is 5.27. The van der Waals surface area contributed by atoms with Crippen molar-refractivity contribution in [3.8, 4) is 5.75 Å². The Kier molecular flexibility index (Phi) is 5.16. The lowest BCUT2D eigenvalue weighted by atomic mass is 10.1. The number of likely N-dealkylation sites (tertiary alicyclic amines) is 1. The van der Waals surface area contributed by atoms with Crippen LogP contribution in [-0.2, 0) is 0 Å². The van der Waals surface area contributed by atoms with Crippen molar-refractivity contribution in [3.05, 3.63) is 29.6 Å². The summed E-state index contributed by atoms with van der Waals surface area (Å²) in [6.07, 6.45) is 3.17. The van der Waals surface area contributed by atoms with Crippen LogP contribution in [0.15, 0.2) is 18.2 Å². The number of aliphatic hydroxyl groups is 1. The Balaban J connectivity index is 1.75. The molecule has 19 heavy (non-hydrogen) atoms. The van der Waals surface area contributed by atoms with Gasteiger partial charge < -0.3 is 14.7 Å². The standard InChI is InChI=1S/C15H22FNO2/c1-12-5-6-14(9-15(12)16)19-11-13(18)10-17-7-3-2-4-8-17/h5-6,9,13,18H,2-4,7-8,10-11H2,1H3. The predicted octanol–water partition coefficient (Wildman–Crippen LogP) is 2.36. The Morgan fingerprint density at radius 1 is 1.32 bits per heavy atom. The van der Waals surface area contributed by atoms with Crippen molar-refractivity contribution in [2.24, 2.45) is 0 Å². The van der Waals surface area contributed by atoms with E-state index in [4.69, 9.17) is 4.74 Å². The molecule has 1 N–H and O–H groups in total. The van der Waals surface area contributed by atoms with E-state index in [0.29, 0.717) is 17.9 Å². The molecule has 0 amide bonds. The maximum Gasteiger partial charge on any atom is 0.129 e. The number of benzene rings is 1. The van der Waals surface area contributed by atoms with Gasteiger partial charge in [-0.3, -0.25) is 0 Å².